The Balaban J connectivity index is 1.70. The Hall–Kier alpha value is -1.47. The third kappa shape index (κ3) is 2.67. The number of nitrogens with one attached hydrogen (secondary N) is 1. The average Bonchev–Trinajstić information content (AvgIpc) is 3.13. The number of hydrogen-bond donors (Lipinski definition) is 3. The van der Waals surface area contributed by atoms with E-state index in [0.717, 1.165) is 24.3 Å². The Morgan fingerprint density at radius 3 is 2.90 bits per heavy atom. The van der Waals surface area contributed by atoms with Gasteiger partial charge in [-0.1, -0.05) is 0 Å². The fourth-order valence-electron chi connectivity index (χ4n) is 3.73. The van der Waals surface area contributed by atoms with Crippen molar-refractivity contribution in [1.29, 1.82) is 0 Å². The van der Waals surface area contributed by atoms with Crippen LogP contribution >= 0.6 is 11.3 Å². The molecular formula is C14H19N3O3S. The first-order valence-corrected chi connectivity index (χ1v) is 8.16. The average molecular weight is 309 g/mol. The van der Waals surface area contributed by atoms with E-state index in [4.69, 9.17) is 5.73 Å². The zero-order valence-electron chi connectivity index (χ0n) is 11.6. The number of hydrogen-bond acceptors (Lipinski definition) is 5. The molecule has 2 saturated carbocycles. The van der Waals surface area contributed by atoms with Gasteiger partial charge in [0.15, 0.2) is 0 Å². The van der Waals surface area contributed by atoms with Crippen molar-refractivity contribution in [3.05, 3.63) is 16.1 Å². The second-order valence-corrected chi connectivity index (χ2v) is 6.80. The van der Waals surface area contributed by atoms with E-state index in [1.165, 1.54) is 11.3 Å². The molecule has 0 aliphatic heterocycles. The number of aliphatic carboxylic acids is 1. The number of nitrogens with zero attached hydrogens (tertiary/aromatic N) is 1. The quantitative estimate of drug-likeness (QED) is 0.748. The van der Waals surface area contributed by atoms with Crippen LogP contribution in [0.25, 0.3) is 0 Å². The molecule has 1 amide bonds. The largest absolute Gasteiger partial charge is 0.481 e. The number of aromatic nitrogens is 1. The van der Waals surface area contributed by atoms with Crippen LogP contribution in [0, 0.1) is 17.8 Å². The van der Waals surface area contributed by atoms with E-state index in [9.17, 15) is 14.7 Å². The van der Waals surface area contributed by atoms with E-state index in [0.29, 0.717) is 24.6 Å². The van der Waals surface area contributed by atoms with Gasteiger partial charge in [0.05, 0.1) is 10.9 Å². The number of nitrogens with two attached hydrogens (primary N) is 1. The molecule has 4 atom stereocenters. The van der Waals surface area contributed by atoms with Crippen molar-refractivity contribution in [3.63, 3.8) is 0 Å². The summed E-state index contributed by atoms with van der Waals surface area (Å²) < 4.78 is 0. The maximum absolute atomic E-state index is 12.3. The second-order valence-electron chi connectivity index (χ2n) is 5.86. The molecular weight excluding hydrogens is 290 g/mol. The summed E-state index contributed by atoms with van der Waals surface area (Å²) in [6.07, 6.45) is 3.54. The molecule has 0 spiro atoms. The molecule has 2 fully saturated rings. The number of amides is 1. The highest BCUT2D eigenvalue weighted by atomic mass is 32.1. The first-order chi connectivity index (χ1) is 10.1. The summed E-state index contributed by atoms with van der Waals surface area (Å²) in [6, 6.07) is -0.256. The Labute approximate surface area is 126 Å². The van der Waals surface area contributed by atoms with Crippen LogP contribution < -0.4 is 11.1 Å². The van der Waals surface area contributed by atoms with Crippen LogP contribution in [0.2, 0.25) is 0 Å². The van der Waals surface area contributed by atoms with Crippen molar-refractivity contribution in [2.75, 3.05) is 6.54 Å². The van der Waals surface area contributed by atoms with Gasteiger partial charge in [-0.05, 0) is 37.6 Å². The number of carbonyl (C=O) groups excluding carboxylic acids is 1. The topological polar surface area (TPSA) is 105 Å². The minimum atomic E-state index is -0.797. The lowest BCUT2D eigenvalue weighted by atomic mass is 9.84. The van der Waals surface area contributed by atoms with Gasteiger partial charge in [0.25, 0.3) is 5.91 Å². The van der Waals surface area contributed by atoms with E-state index in [2.05, 4.69) is 10.3 Å². The molecule has 0 saturated heterocycles. The van der Waals surface area contributed by atoms with Gasteiger partial charge in [-0.25, -0.2) is 4.98 Å². The standard InChI is InChI=1S/C14H19N3O3S/c15-4-3-10-16-9(6-21-10)13(18)17-12-8-2-1-7(5-8)11(12)14(19)20/h6-8,11-12H,1-5,15H2,(H,17,18)(H,19,20). The summed E-state index contributed by atoms with van der Waals surface area (Å²) >= 11 is 1.41. The fourth-order valence-corrected chi connectivity index (χ4v) is 4.53. The van der Waals surface area contributed by atoms with Crippen LogP contribution in [0.15, 0.2) is 5.38 Å². The molecule has 114 valence electrons. The lowest BCUT2D eigenvalue weighted by Gasteiger charge is -2.28. The van der Waals surface area contributed by atoms with E-state index >= 15 is 0 Å². The Morgan fingerprint density at radius 1 is 1.43 bits per heavy atom. The van der Waals surface area contributed by atoms with Crippen LogP contribution in [0.5, 0.6) is 0 Å². The third-order valence-corrected chi connectivity index (χ3v) is 5.55. The molecule has 7 heteroatoms. The first-order valence-electron chi connectivity index (χ1n) is 7.28. The molecule has 1 aromatic rings. The molecule has 21 heavy (non-hydrogen) atoms. The normalized spacial score (nSPS) is 30.5. The highest BCUT2D eigenvalue weighted by molar-refractivity contribution is 7.09. The monoisotopic (exact) mass is 309 g/mol. The zero-order valence-corrected chi connectivity index (χ0v) is 12.4. The van der Waals surface area contributed by atoms with Crippen molar-refractivity contribution in [1.82, 2.24) is 10.3 Å². The highest BCUT2D eigenvalue weighted by Crippen LogP contribution is 2.48. The predicted molar refractivity (Wildman–Crippen MR) is 78.1 cm³/mol. The van der Waals surface area contributed by atoms with Gasteiger partial charge in [-0.2, -0.15) is 0 Å². The maximum atomic E-state index is 12.3. The molecule has 0 aromatic carbocycles. The molecule has 6 nitrogen and oxygen atoms in total. The van der Waals surface area contributed by atoms with Crippen molar-refractivity contribution >= 4 is 23.2 Å². The van der Waals surface area contributed by atoms with Crippen LogP contribution in [0.1, 0.15) is 34.8 Å². The number of thiazole rings is 1. The Morgan fingerprint density at radius 2 is 2.19 bits per heavy atom. The summed E-state index contributed by atoms with van der Waals surface area (Å²) in [5.74, 6) is -1.01. The number of carboxylic acids is 1. The highest BCUT2D eigenvalue weighted by Gasteiger charge is 2.51. The lowest BCUT2D eigenvalue weighted by Crippen LogP contribution is -2.46. The van der Waals surface area contributed by atoms with Crippen molar-refractivity contribution in [3.8, 4) is 0 Å². The first kappa shape index (κ1) is 14.5. The minimum absolute atomic E-state index is 0.209. The van der Waals surface area contributed by atoms with Gasteiger partial charge in [0.1, 0.15) is 5.69 Å². The summed E-state index contributed by atoms with van der Waals surface area (Å²) in [6.45, 7) is 0.502. The van der Waals surface area contributed by atoms with E-state index in [1.54, 1.807) is 5.38 Å². The summed E-state index contributed by atoms with van der Waals surface area (Å²) in [5.41, 5.74) is 5.84. The lowest BCUT2D eigenvalue weighted by molar-refractivity contribution is -0.144. The molecule has 4 unspecified atom stereocenters. The number of carboxylic acid groups (broad SMARTS) is 1. The number of rotatable bonds is 5. The molecule has 2 aliphatic carbocycles. The molecule has 4 N–H and O–H groups in total. The summed E-state index contributed by atoms with van der Waals surface area (Å²) in [5, 5.41) is 14.8. The predicted octanol–water partition coefficient (Wildman–Crippen LogP) is 0.873. The maximum Gasteiger partial charge on any atom is 0.308 e. The fraction of sp³-hybridized carbons (Fsp3) is 0.643. The molecule has 3 rings (SSSR count). The van der Waals surface area contributed by atoms with E-state index < -0.39 is 11.9 Å². The van der Waals surface area contributed by atoms with E-state index in [-0.39, 0.29) is 17.9 Å². The van der Waals surface area contributed by atoms with E-state index in [1.807, 2.05) is 0 Å². The smallest absolute Gasteiger partial charge is 0.308 e. The van der Waals surface area contributed by atoms with Crippen LogP contribution in [0.4, 0.5) is 0 Å². The molecule has 0 radical (unpaired) electrons. The van der Waals surface area contributed by atoms with Crippen molar-refractivity contribution in [2.45, 2.75) is 31.7 Å². The van der Waals surface area contributed by atoms with Crippen LogP contribution in [0.3, 0.4) is 0 Å². The second kappa shape index (κ2) is 5.73. The summed E-state index contributed by atoms with van der Waals surface area (Å²) in [7, 11) is 0. The molecule has 1 aromatic heterocycles. The van der Waals surface area contributed by atoms with Crippen LogP contribution in [-0.4, -0.2) is 34.6 Å². The summed E-state index contributed by atoms with van der Waals surface area (Å²) in [4.78, 5) is 28.0. The number of carbonyl (C=O) groups is 2. The molecule has 1 heterocycles. The minimum Gasteiger partial charge on any atom is -0.481 e. The Bertz CT molecular complexity index is 559. The van der Waals surface area contributed by atoms with Crippen molar-refractivity contribution in [2.24, 2.45) is 23.5 Å². The van der Waals surface area contributed by atoms with Gasteiger partial charge >= 0.3 is 5.97 Å². The SMILES string of the molecule is NCCc1nc(C(=O)NC2C3CCC(C3)C2C(=O)O)cs1. The zero-order chi connectivity index (χ0) is 15.0. The van der Waals surface area contributed by atoms with Gasteiger partial charge in [0.2, 0.25) is 0 Å². The van der Waals surface area contributed by atoms with Gasteiger partial charge in [-0.3, -0.25) is 9.59 Å². The molecule has 2 aliphatic rings. The third-order valence-electron chi connectivity index (χ3n) is 4.64. The molecule has 2 bridgehead atoms. The van der Waals surface area contributed by atoms with Gasteiger partial charge < -0.3 is 16.2 Å². The number of fused-ring (bicyclic) bond motifs is 2. The van der Waals surface area contributed by atoms with Crippen LogP contribution in [-0.2, 0) is 11.2 Å². The van der Waals surface area contributed by atoms with Gasteiger partial charge in [-0.15, -0.1) is 11.3 Å². The van der Waals surface area contributed by atoms with Gasteiger partial charge in [0, 0.05) is 17.8 Å². The van der Waals surface area contributed by atoms with Crippen molar-refractivity contribution < 1.29 is 14.7 Å². The Kier molecular flexibility index (Phi) is 3.95.